The van der Waals surface area contributed by atoms with Crippen molar-refractivity contribution in [2.75, 3.05) is 6.61 Å². The van der Waals surface area contributed by atoms with E-state index in [2.05, 4.69) is 4.74 Å². The zero-order valence-corrected chi connectivity index (χ0v) is 6.10. The number of hydrogen-bond acceptors (Lipinski definition) is 4. The minimum absolute atomic E-state index is 0.661. The topological polar surface area (TPSA) is 69.9 Å². The third-order valence-electron chi connectivity index (χ3n) is 1.79. The smallest absolute Gasteiger partial charge is 0.233 e. The average molecular weight is 182 g/mol. The van der Waals surface area contributed by atoms with E-state index in [4.69, 9.17) is 15.3 Å². The lowest BCUT2D eigenvalue weighted by molar-refractivity contribution is -0.246. The predicted octanol–water partition coefficient (Wildman–Crippen LogP) is -1.27. The van der Waals surface area contributed by atoms with Crippen LogP contribution in [-0.2, 0) is 4.74 Å². The molecule has 0 aromatic rings. The number of aliphatic hydroxyl groups is 3. The third-order valence-corrected chi connectivity index (χ3v) is 1.79. The van der Waals surface area contributed by atoms with Crippen LogP contribution in [0.1, 0.15) is 0 Å². The molecule has 4 nitrogen and oxygen atoms in total. The van der Waals surface area contributed by atoms with Crippen LogP contribution in [0.2, 0.25) is 0 Å². The van der Waals surface area contributed by atoms with Crippen LogP contribution >= 0.6 is 0 Å². The van der Waals surface area contributed by atoms with E-state index >= 15 is 0 Å². The highest BCUT2D eigenvalue weighted by molar-refractivity contribution is 4.88. The molecule has 0 saturated carbocycles. The maximum atomic E-state index is 12.5. The maximum Gasteiger partial charge on any atom is 0.233 e. The van der Waals surface area contributed by atoms with E-state index in [9.17, 15) is 8.78 Å². The Bertz CT molecular complexity index is 152. The summed E-state index contributed by atoms with van der Waals surface area (Å²) in [5.41, 5.74) is 0. The summed E-state index contributed by atoms with van der Waals surface area (Å²) >= 11 is 0. The molecule has 72 valence electrons. The average Bonchev–Trinajstić information content (AvgIpc) is 2.08. The Morgan fingerprint density at radius 2 is 1.75 bits per heavy atom. The van der Waals surface area contributed by atoms with E-state index in [1.165, 1.54) is 0 Å². The molecule has 12 heavy (non-hydrogen) atoms. The number of aliphatic hydroxyl groups excluding tert-OH is 3. The molecular formula is C6H10F2O4. The fourth-order valence-corrected chi connectivity index (χ4v) is 1.04. The molecule has 6 heteroatoms. The van der Waals surface area contributed by atoms with Crippen LogP contribution in [-0.4, -0.2) is 52.8 Å². The van der Waals surface area contributed by atoms with Crippen LogP contribution < -0.4 is 0 Å². The van der Waals surface area contributed by atoms with Crippen LogP contribution in [0.3, 0.4) is 0 Å². The zero-order valence-electron chi connectivity index (χ0n) is 6.10. The molecule has 0 amide bonds. The van der Waals surface area contributed by atoms with Crippen molar-refractivity contribution in [3.63, 3.8) is 0 Å². The van der Waals surface area contributed by atoms with Crippen LogP contribution in [0.5, 0.6) is 0 Å². The molecule has 0 aliphatic carbocycles. The molecule has 1 aliphatic heterocycles. The summed E-state index contributed by atoms with van der Waals surface area (Å²) in [6.07, 6.45) is -9.24. The van der Waals surface area contributed by atoms with Gasteiger partial charge in [-0.05, 0) is 0 Å². The van der Waals surface area contributed by atoms with Crippen LogP contribution in [0.25, 0.3) is 0 Å². The lowest BCUT2D eigenvalue weighted by Crippen LogP contribution is -2.55. The summed E-state index contributed by atoms with van der Waals surface area (Å²) in [5, 5.41) is 26.3. The quantitative estimate of drug-likeness (QED) is 0.473. The highest BCUT2D eigenvalue weighted by Crippen LogP contribution is 2.23. The van der Waals surface area contributed by atoms with Crippen molar-refractivity contribution >= 4 is 0 Å². The third kappa shape index (κ3) is 1.56. The first-order valence-electron chi connectivity index (χ1n) is 3.48. The van der Waals surface area contributed by atoms with Crippen molar-refractivity contribution in [2.45, 2.75) is 30.8 Å². The molecule has 1 rings (SSSR count). The first-order chi connectivity index (χ1) is 5.57. The fraction of sp³-hybridized carbons (Fsp3) is 1.00. The summed E-state index contributed by atoms with van der Waals surface area (Å²) in [6, 6.07) is 0. The van der Waals surface area contributed by atoms with E-state index in [0.717, 1.165) is 0 Å². The largest absolute Gasteiger partial charge is 0.394 e. The monoisotopic (exact) mass is 182 g/mol. The Balaban J connectivity index is 2.63. The van der Waals surface area contributed by atoms with Crippen molar-refractivity contribution in [3.05, 3.63) is 0 Å². The van der Waals surface area contributed by atoms with E-state index in [1.54, 1.807) is 0 Å². The summed E-state index contributed by atoms with van der Waals surface area (Å²) < 4.78 is 29.2. The Morgan fingerprint density at radius 3 is 2.25 bits per heavy atom. The second-order valence-electron chi connectivity index (χ2n) is 2.63. The molecule has 0 aromatic carbocycles. The van der Waals surface area contributed by atoms with Gasteiger partial charge < -0.3 is 20.1 Å². The molecule has 3 N–H and O–H groups in total. The van der Waals surface area contributed by atoms with Gasteiger partial charge in [0.15, 0.2) is 6.17 Å². The zero-order chi connectivity index (χ0) is 9.30. The molecule has 0 radical (unpaired) electrons. The van der Waals surface area contributed by atoms with E-state index in [-0.39, 0.29) is 0 Å². The molecule has 1 saturated heterocycles. The highest BCUT2D eigenvalue weighted by Gasteiger charge is 2.44. The summed E-state index contributed by atoms with van der Waals surface area (Å²) in [5.74, 6) is 0. The van der Waals surface area contributed by atoms with Crippen molar-refractivity contribution in [3.8, 4) is 0 Å². The lowest BCUT2D eigenvalue weighted by Gasteiger charge is -2.35. The van der Waals surface area contributed by atoms with Gasteiger partial charge in [0.2, 0.25) is 6.36 Å². The molecule has 1 fully saturated rings. The Labute approximate surface area is 67.4 Å². The molecular weight excluding hydrogens is 172 g/mol. The SMILES string of the molecule is OC[C@H]1O[C@H]([18F])[C@H]([18F])[C@@H](O)[C@@H]1O. The number of rotatable bonds is 1. The van der Waals surface area contributed by atoms with Gasteiger partial charge in [-0.25, -0.2) is 8.78 Å². The van der Waals surface area contributed by atoms with Gasteiger partial charge in [-0.1, -0.05) is 0 Å². The van der Waals surface area contributed by atoms with E-state index < -0.39 is 37.4 Å². The van der Waals surface area contributed by atoms with Crippen molar-refractivity contribution in [1.82, 2.24) is 0 Å². The van der Waals surface area contributed by atoms with Crippen molar-refractivity contribution in [2.24, 2.45) is 0 Å². The van der Waals surface area contributed by atoms with E-state index in [0.29, 0.717) is 0 Å². The molecule has 0 aromatic heterocycles. The van der Waals surface area contributed by atoms with Gasteiger partial charge >= 0.3 is 0 Å². The maximum absolute atomic E-state index is 12.5. The minimum atomic E-state index is -2.29. The van der Waals surface area contributed by atoms with Crippen molar-refractivity contribution in [1.29, 1.82) is 0 Å². The second kappa shape index (κ2) is 3.61. The molecule has 5 atom stereocenters. The predicted molar refractivity (Wildman–Crippen MR) is 33.8 cm³/mol. The van der Waals surface area contributed by atoms with Gasteiger partial charge in [-0.2, -0.15) is 0 Å². The van der Waals surface area contributed by atoms with Gasteiger partial charge in [0.05, 0.1) is 6.61 Å². The molecule has 0 unspecified atom stereocenters. The summed E-state index contributed by atoms with van der Waals surface area (Å²) in [6.45, 7) is -0.661. The first-order valence-corrected chi connectivity index (χ1v) is 3.48. The van der Waals surface area contributed by atoms with Crippen LogP contribution in [0, 0.1) is 0 Å². The standard InChI is InChI=1S/C6H10F2O4/c7-3-5(11)4(10)2(1-9)12-6(3)8/h2-6,9-11H,1H2/t2-,3-,4-,5-,6+/m1/s1/i7-1,8-1. The van der Waals surface area contributed by atoms with Gasteiger partial charge in [-0.15, -0.1) is 0 Å². The van der Waals surface area contributed by atoms with Gasteiger partial charge in [-0.3, -0.25) is 0 Å². The number of hydrogen-bond donors (Lipinski definition) is 3. The Morgan fingerprint density at radius 1 is 1.17 bits per heavy atom. The fourth-order valence-electron chi connectivity index (χ4n) is 1.04. The van der Waals surface area contributed by atoms with Crippen molar-refractivity contribution < 1.29 is 28.8 Å². The number of halogens is 2. The summed E-state index contributed by atoms with van der Waals surface area (Å²) in [7, 11) is 0. The molecule has 1 heterocycles. The Hall–Kier alpha value is -0.300. The first kappa shape index (κ1) is 9.79. The highest BCUT2D eigenvalue weighted by atomic mass is 18.2. The molecule has 1 aliphatic rings. The molecule has 0 spiro atoms. The number of ether oxygens (including phenoxy) is 1. The Kier molecular flexibility index (Phi) is 2.94. The summed E-state index contributed by atoms with van der Waals surface area (Å²) in [4.78, 5) is 0. The number of alkyl halides is 2. The molecule has 0 bridgehead atoms. The second-order valence-corrected chi connectivity index (χ2v) is 2.63. The normalized spacial score (nSPS) is 49.2. The minimum Gasteiger partial charge on any atom is -0.394 e. The van der Waals surface area contributed by atoms with E-state index in [1.807, 2.05) is 0 Å². The van der Waals surface area contributed by atoms with Crippen LogP contribution in [0.15, 0.2) is 0 Å². The van der Waals surface area contributed by atoms with Gasteiger partial charge in [0, 0.05) is 0 Å². The lowest BCUT2D eigenvalue weighted by atomic mass is 10.0. The van der Waals surface area contributed by atoms with Gasteiger partial charge in [0.25, 0.3) is 0 Å². The van der Waals surface area contributed by atoms with Gasteiger partial charge in [0.1, 0.15) is 18.3 Å². The van der Waals surface area contributed by atoms with Crippen LogP contribution in [0.4, 0.5) is 8.78 Å².